The maximum atomic E-state index is 13.5. The number of halogens is 1. The van der Waals surface area contributed by atoms with Gasteiger partial charge in [0.15, 0.2) is 9.84 Å². The zero-order chi connectivity index (χ0) is 19.7. The molecule has 2 aromatic rings. The zero-order valence-corrected chi connectivity index (χ0v) is 16.2. The molecule has 2 fully saturated rings. The van der Waals surface area contributed by atoms with Crippen LogP contribution in [0.25, 0.3) is 11.3 Å². The first-order valence-electron chi connectivity index (χ1n) is 9.49. The second-order valence-corrected chi connectivity index (χ2v) is 9.74. The molecule has 1 unspecified atom stereocenters. The number of amides is 1. The Bertz CT molecular complexity index is 988. The second kappa shape index (κ2) is 7.58. The molecule has 0 spiro atoms. The van der Waals surface area contributed by atoms with Gasteiger partial charge in [-0.3, -0.25) is 4.79 Å². The summed E-state index contributed by atoms with van der Waals surface area (Å²) in [6, 6.07) is 8.07. The van der Waals surface area contributed by atoms with Crippen molar-refractivity contribution in [1.82, 2.24) is 14.9 Å². The van der Waals surface area contributed by atoms with Crippen LogP contribution in [0.15, 0.2) is 36.5 Å². The summed E-state index contributed by atoms with van der Waals surface area (Å²) in [6.07, 6.45) is 3.58. The normalized spacial score (nSPS) is 22.3. The molecule has 1 amide bonds. The van der Waals surface area contributed by atoms with E-state index in [9.17, 15) is 17.6 Å². The number of likely N-dealkylation sites (tertiary alicyclic amines) is 1. The van der Waals surface area contributed by atoms with Gasteiger partial charge in [-0.25, -0.2) is 22.8 Å². The zero-order valence-electron chi connectivity index (χ0n) is 15.4. The number of carbonyl (C=O) groups is 1. The highest BCUT2D eigenvalue weighted by Crippen LogP contribution is 2.29. The van der Waals surface area contributed by atoms with Gasteiger partial charge in [0.05, 0.1) is 23.1 Å². The topological polar surface area (TPSA) is 80.2 Å². The Morgan fingerprint density at radius 2 is 1.93 bits per heavy atom. The van der Waals surface area contributed by atoms with Crippen molar-refractivity contribution in [2.45, 2.75) is 25.2 Å². The lowest BCUT2D eigenvalue weighted by Crippen LogP contribution is -2.42. The van der Waals surface area contributed by atoms with Gasteiger partial charge in [-0.2, -0.15) is 0 Å². The molecular formula is C20H22FN3O3S. The molecule has 4 rings (SSSR count). The molecule has 28 heavy (non-hydrogen) atoms. The Morgan fingerprint density at radius 3 is 2.61 bits per heavy atom. The van der Waals surface area contributed by atoms with Crippen LogP contribution in [0.5, 0.6) is 0 Å². The highest BCUT2D eigenvalue weighted by molar-refractivity contribution is 7.91. The third kappa shape index (κ3) is 4.06. The van der Waals surface area contributed by atoms with E-state index in [1.165, 1.54) is 12.1 Å². The molecular weight excluding hydrogens is 381 g/mol. The average Bonchev–Trinajstić information content (AvgIpc) is 3.07. The standard InChI is InChI=1S/C20H22FN3O3S/c21-17-3-1-2-15(12-17)18-4-8-22-19(23-18)14-5-9-24(10-6-14)20(25)16-7-11-28(26,27)13-16/h1-4,8,12,14,16H,5-7,9-11,13H2. The molecule has 1 aromatic heterocycles. The maximum Gasteiger partial charge on any atom is 0.226 e. The second-order valence-electron chi connectivity index (χ2n) is 7.51. The predicted octanol–water partition coefficient (Wildman–Crippen LogP) is 2.42. The van der Waals surface area contributed by atoms with E-state index in [1.54, 1.807) is 23.2 Å². The Balaban J connectivity index is 1.41. The van der Waals surface area contributed by atoms with Gasteiger partial charge in [-0.15, -0.1) is 0 Å². The van der Waals surface area contributed by atoms with Gasteiger partial charge in [0, 0.05) is 30.8 Å². The Morgan fingerprint density at radius 1 is 1.14 bits per heavy atom. The van der Waals surface area contributed by atoms with Crippen molar-refractivity contribution in [2.24, 2.45) is 5.92 Å². The number of piperidine rings is 1. The summed E-state index contributed by atoms with van der Waals surface area (Å²) >= 11 is 0. The molecule has 0 saturated carbocycles. The monoisotopic (exact) mass is 403 g/mol. The Labute approximate surface area is 163 Å². The van der Waals surface area contributed by atoms with Gasteiger partial charge in [-0.1, -0.05) is 12.1 Å². The predicted molar refractivity (Wildman–Crippen MR) is 103 cm³/mol. The smallest absolute Gasteiger partial charge is 0.226 e. The molecule has 1 aromatic carbocycles. The van der Waals surface area contributed by atoms with E-state index < -0.39 is 15.8 Å². The number of carbonyl (C=O) groups excluding carboxylic acids is 1. The van der Waals surface area contributed by atoms with Gasteiger partial charge in [0.1, 0.15) is 11.6 Å². The van der Waals surface area contributed by atoms with Crippen LogP contribution in [0.3, 0.4) is 0 Å². The van der Waals surface area contributed by atoms with Crippen molar-refractivity contribution in [3.63, 3.8) is 0 Å². The SMILES string of the molecule is O=C(C1CCS(=O)(=O)C1)N1CCC(c2nccc(-c3cccc(F)c3)n2)CC1. The number of hydrogen-bond donors (Lipinski definition) is 0. The lowest BCUT2D eigenvalue weighted by atomic mass is 9.94. The van der Waals surface area contributed by atoms with E-state index in [0.717, 1.165) is 12.8 Å². The highest BCUT2D eigenvalue weighted by atomic mass is 32.2. The van der Waals surface area contributed by atoms with Crippen molar-refractivity contribution >= 4 is 15.7 Å². The number of benzene rings is 1. The van der Waals surface area contributed by atoms with Crippen LogP contribution >= 0.6 is 0 Å². The quantitative estimate of drug-likeness (QED) is 0.786. The van der Waals surface area contributed by atoms with Crippen molar-refractivity contribution in [3.8, 4) is 11.3 Å². The first-order valence-corrected chi connectivity index (χ1v) is 11.3. The molecule has 148 valence electrons. The molecule has 0 aliphatic carbocycles. The van der Waals surface area contributed by atoms with Gasteiger partial charge in [0.25, 0.3) is 0 Å². The maximum absolute atomic E-state index is 13.5. The van der Waals surface area contributed by atoms with Crippen molar-refractivity contribution in [2.75, 3.05) is 24.6 Å². The molecule has 1 atom stereocenters. The largest absolute Gasteiger partial charge is 0.342 e. The summed E-state index contributed by atoms with van der Waals surface area (Å²) in [5, 5.41) is 0. The van der Waals surface area contributed by atoms with E-state index in [2.05, 4.69) is 9.97 Å². The number of nitrogens with zero attached hydrogens (tertiary/aromatic N) is 3. The third-order valence-corrected chi connectivity index (χ3v) is 7.32. The van der Waals surface area contributed by atoms with Crippen molar-refractivity contribution < 1.29 is 17.6 Å². The van der Waals surface area contributed by atoms with Crippen LogP contribution in [0, 0.1) is 11.7 Å². The molecule has 8 heteroatoms. The fourth-order valence-electron chi connectivity index (χ4n) is 3.99. The molecule has 6 nitrogen and oxygen atoms in total. The summed E-state index contributed by atoms with van der Waals surface area (Å²) in [5.74, 6) is 0.175. The number of sulfone groups is 1. The van der Waals surface area contributed by atoms with Gasteiger partial charge in [-0.05, 0) is 37.5 Å². The lowest BCUT2D eigenvalue weighted by molar-refractivity contribution is -0.135. The highest BCUT2D eigenvalue weighted by Gasteiger charge is 2.36. The Hall–Kier alpha value is -2.35. The first kappa shape index (κ1) is 19.0. The number of aromatic nitrogens is 2. The van der Waals surface area contributed by atoms with E-state index in [-0.39, 0.29) is 29.1 Å². The summed E-state index contributed by atoms with van der Waals surface area (Å²) in [6.45, 7) is 1.15. The van der Waals surface area contributed by atoms with Crippen LogP contribution in [-0.4, -0.2) is 53.8 Å². The van der Waals surface area contributed by atoms with Crippen LogP contribution in [0.1, 0.15) is 31.0 Å². The first-order chi connectivity index (χ1) is 13.4. The summed E-state index contributed by atoms with van der Waals surface area (Å²) < 4.78 is 36.7. The average molecular weight is 403 g/mol. The number of hydrogen-bond acceptors (Lipinski definition) is 5. The number of rotatable bonds is 3. The fourth-order valence-corrected chi connectivity index (χ4v) is 5.72. The lowest BCUT2D eigenvalue weighted by Gasteiger charge is -2.32. The Kier molecular flexibility index (Phi) is 5.14. The summed E-state index contributed by atoms with van der Waals surface area (Å²) in [4.78, 5) is 23.4. The van der Waals surface area contributed by atoms with Crippen LogP contribution < -0.4 is 0 Å². The van der Waals surface area contributed by atoms with E-state index in [0.29, 0.717) is 36.6 Å². The van der Waals surface area contributed by atoms with Crippen molar-refractivity contribution in [1.29, 1.82) is 0 Å². The minimum atomic E-state index is -3.06. The summed E-state index contributed by atoms with van der Waals surface area (Å²) in [5.41, 5.74) is 1.39. The van der Waals surface area contributed by atoms with Gasteiger partial charge >= 0.3 is 0 Å². The molecule has 2 aliphatic heterocycles. The molecule has 2 aliphatic rings. The minimum absolute atomic E-state index is 0.0233. The minimum Gasteiger partial charge on any atom is -0.342 e. The fraction of sp³-hybridized carbons (Fsp3) is 0.450. The van der Waals surface area contributed by atoms with Gasteiger partial charge in [0.2, 0.25) is 5.91 Å². The molecule has 0 radical (unpaired) electrons. The van der Waals surface area contributed by atoms with Crippen LogP contribution in [0.2, 0.25) is 0 Å². The third-order valence-electron chi connectivity index (χ3n) is 5.55. The van der Waals surface area contributed by atoms with E-state index in [4.69, 9.17) is 0 Å². The molecule has 0 N–H and O–H groups in total. The van der Waals surface area contributed by atoms with E-state index >= 15 is 0 Å². The molecule has 2 saturated heterocycles. The molecule has 3 heterocycles. The van der Waals surface area contributed by atoms with Crippen LogP contribution in [-0.2, 0) is 14.6 Å². The summed E-state index contributed by atoms with van der Waals surface area (Å²) in [7, 11) is -3.06. The van der Waals surface area contributed by atoms with E-state index in [1.807, 2.05) is 6.07 Å². The van der Waals surface area contributed by atoms with Crippen LogP contribution in [0.4, 0.5) is 4.39 Å². The van der Waals surface area contributed by atoms with Gasteiger partial charge < -0.3 is 4.90 Å². The molecule has 0 bridgehead atoms. The van der Waals surface area contributed by atoms with Crippen molar-refractivity contribution in [3.05, 3.63) is 48.2 Å².